The quantitative estimate of drug-likeness (QED) is 0.567. The van der Waals surface area contributed by atoms with Gasteiger partial charge in [-0.2, -0.15) is 5.10 Å². The number of nitrogens with zero attached hydrogens (tertiary/aromatic N) is 4. The molecule has 0 fully saturated rings. The van der Waals surface area contributed by atoms with Gasteiger partial charge >= 0.3 is 5.97 Å². The monoisotopic (exact) mass is 415 g/mol. The number of ether oxygens (including phenoxy) is 2. The van der Waals surface area contributed by atoms with Crippen molar-refractivity contribution in [2.75, 3.05) is 26.4 Å². The van der Waals surface area contributed by atoms with Gasteiger partial charge in [0, 0.05) is 44.6 Å². The van der Waals surface area contributed by atoms with Crippen LogP contribution in [0.2, 0.25) is 0 Å². The van der Waals surface area contributed by atoms with Gasteiger partial charge in [-0.3, -0.25) is 9.48 Å². The minimum atomic E-state index is -0.538. The van der Waals surface area contributed by atoms with Crippen molar-refractivity contribution in [1.82, 2.24) is 25.1 Å². The molecule has 9 nitrogen and oxygen atoms in total. The molecule has 0 saturated heterocycles. The number of rotatable bonds is 6. The molecule has 1 N–H and O–H groups in total. The summed E-state index contributed by atoms with van der Waals surface area (Å²) < 4.78 is 12.8. The zero-order valence-corrected chi connectivity index (χ0v) is 17.6. The predicted octanol–water partition coefficient (Wildman–Crippen LogP) is 1.87. The largest absolute Gasteiger partial charge is 0.460 e. The second kappa shape index (κ2) is 10.8. The summed E-state index contributed by atoms with van der Waals surface area (Å²) in [5.41, 5.74) is 3.12. The van der Waals surface area contributed by atoms with Crippen LogP contribution >= 0.6 is 0 Å². The number of hydrogen-bond donors (Lipinski definition) is 1. The fourth-order valence-corrected chi connectivity index (χ4v) is 3.40. The van der Waals surface area contributed by atoms with Crippen molar-refractivity contribution in [3.05, 3.63) is 40.7 Å². The number of nitrogens with one attached hydrogen (secondary N) is 1. The maximum Gasteiger partial charge on any atom is 0.376 e. The fourth-order valence-electron chi connectivity index (χ4n) is 3.40. The molecule has 0 spiro atoms. The normalized spacial score (nSPS) is 15.1. The molecule has 0 radical (unpaired) electrons. The molecule has 3 rings (SSSR count). The SMILES string of the molecule is CCc1nn(CCCOC(=O)c2nccc(C)n2)c2c1C(=O)NCCCOCCC2. The summed E-state index contributed by atoms with van der Waals surface area (Å²) in [5.74, 6) is -0.546. The number of amides is 1. The first kappa shape index (κ1) is 21.9. The van der Waals surface area contributed by atoms with E-state index in [9.17, 15) is 9.59 Å². The van der Waals surface area contributed by atoms with Crippen LogP contribution in [-0.2, 0) is 28.9 Å². The van der Waals surface area contributed by atoms with Gasteiger partial charge in [0.1, 0.15) is 0 Å². The highest BCUT2D eigenvalue weighted by Crippen LogP contribution is 2.19. The van der Waals surface area contributed by atoms with Crippen molar-refractivity contribution in [2.24, 2.45) is 0 Å². The van der Waals surface area contributed by atoms with E-state index in [0.29, 0.717) is 56.8 Å². The molecule has 0 saturated carbocycles. The zero-order valence-electron chi connectivity index (χ0n) is 17.6. The van der Waals surface area contributed by atoms with Crippen LogP contribution in [0.15, 0.2) is 12.3 Å². The van der Waals surface area contributed by atoms with E-state index in [1.54, 1.807) is 13.0 Å². The van der Waals surface area contributed by atoms with Crippen LogP contribution in [0.25, 0.3) is 0 Å². The lowest BCUT2D eigenvalue weighted by Crippen LogP contribution is -2.26. The van der Waals surface area contributed by atoms with E-state index in [1.165, 1.54) is 6.20 Å². The predicted molar refractivity (Wildman–Crippen MR) is 109 cm³/mol. The van der Waals surface area contributed by atoms with E-state index < -0.39 is 5.97 Å². The molecular weight excluding hydrogens is 386 g/mol. The van der Waals surface area contributed by atoms with Crippen LogP contribution in [-0.4, -0.2) is 58.0 Å². The molecule has 0 bridgehead atoms. The Balaban J connectivity index is 1.65. The van der Waals surface area contributed by atoms with Crippen molar-refractivity contribution in [2.45, 2.75) is 52.5 Å². The Labute approximate surface area is 176 Å². The molecule has 2 aromatic rings. The van der Waals surface area contributed by atoms with Gasteiger partial charge in [-0.15, -0.1) is 0 Å². The standard InChI is InChI=1S/C21H29N5O4/c1-3-16-18-17(7-4-12-29-13-5-9-23-20(18)27)26(25-16)11-6-14-30-21(28)19-22-10-8-15(2)24-19/h8,10H,3-7,9,11-14H2,1-2H3,(H,23,27). The number of fused-ring (bicyclic) bond motifs is 1. The van der Waals surface area contributed by atoms with Gasteiger partial charge in [0.25, 0.3) is 5.91 Å². The highest BCUT2D eigenvalue weighted by Gasteiger charge is 2.23. The maximum atomic E-state index is 12.7. The summed E-state index contributed by atoms with van der Waals surface area (Å²) in [5, 5.41) is 7.64. The topological polar surface area (TPSA) is 108 Å². The van der Waals surface area contributed by atoms with Crippen molar-refractivity contribution < 1.29 is 19.1 Å². The third-order valence-electron chi connectivity index (χ3n) is 4.87. The Bertz CT molecular complexity index is 880. The van der Waals surface area contributed by atoms with E-state index in [0.717, 1.165) is 24.2 Å². The molecule has 1 amide bonds. The van der Waals surface area contributed by atoms with E-state index >= 15 is 0 Å². The summed E-state index contributed by atoms with van der Waals surface area (Å²) in [6.45, 7) is 6.47. The Morgan fingerprint density at radius 2 is 2.17 bits per heavy atom. The minimum absolute atomic E-state index is 0.0625. The van der Waals surface area contributed by atoms with Crippen LogP contribution < -0.4 is 5.32 Å². The van der Waals surface area contributed by atoms with Gasteiger partial charge < -0.3 is 14.8 Å². The molecule has 1 aliphatic heterocycles. The molecule has 2 aromatic heterocycles. The summed E-state index contributed by atoms with van der Waals surface area (Å²) >= 11 is 0. The van der Waals surface area contributed by atoms with Crippen LogP contribution in [0.5, 0.6) is 0 Å². The summed E-state index contributed by atoms with van der Waals surface area (Å²) in [6, 6.07) is 1.72. The molecule has 1 aliphatic rings. The lowest BCUT2D eigenvalue weighted by molar-refractivity contribution is 0.0479. The Kier molecular flexibility index (Phi) is 7.89. The molecule has 0 aliphatic carbocycles. The van der Waals surface area contributed by atoms with Crippen molar-refractivity contribution in [3.8, 4) is 0 Å². The Morgan fingerprint density at radius 3 is 2.97 bits per heavy atom. The van der Waals surface area contributed by atoms with Gasteiger partial charge in [0.15, 0.2) is 0 Å². The number of aryl methyl sites for hydroxylation is 3. The van der Waals surface area contributed by atoms with Crippen molar-refractivity contribution in [3.63, 3.8) is 0 Å². The summed E-state index contributed by atoms with van der Waals surface area (Å²) in [4.78, 5) is 32.8. The van der Waals surface area contributed by atoms with Crippen LogP contribution in [0, 0.1) is 6.92 Å². The van der Waals surface area contributed by atoms with E-state index in [-0.39, 0.29) is 18.3 Å². The number of hydrogen-bond acceptors (Lipinski definition) is 7. The first-order valence-corrected chi connectivity index (χ1v) is 10.5. The van der Waals surface area contributed by atoms with Gasteiger partial charge in [0.2, 0.25) is 5.82 Å². The molecule has 0 unspecified atom stereocenters. The fraction of sp³-hybridized carbons (Fsp3) is 0.571. The van der Waals surface area contributed by atoms with E-state index in [1.807, 2.05) is 11.6 Å². The number of carbonyl (C=O) groups excluding carboxylic acids is 2. The second-order valence-electron chi connectivity index (χ2n) is 7.18. The molecule has 0 atom stereocenters. The van der Waals surface area contributed by atoms with Crippen LogP contribution in [0.1, 0.15) is 64.2 Å². The minimum Gasteiger partial charge on any atom is -0.460 e. The van der Waals surface area contributed by atoms with Gasteiger partial charge in [-0.1, -0.05) is 6.92 Å². The number of aromatic nitrogens is 4. The highest BCUT2D eigenvalue weighted by molar-refractivity contribution is 5.96. The smallest absolute Gasteiger partial charge is 0.376 e. The van der Waals surface area contributed by atoms with Gasteiger partial charge in [0.05, 0.1) is 23.6 Å². The third kappa shape index (κ3) is 5.63. The van der Waals surface area contributed by atoms with E-state index in [4.69, 9.17) is 9.47 Å². The molecule has 162 valence electrons. The molecule has 0 aromatic carbocycles. The first-order chi connectivity index (χ1) is 14.6. The molecule has 30 heavy (non-hydrogen) atoms. The highest BCUT2D eigenvalue weighted by atomic mass is 16.5. The lowest BCUT2D eigenvalue weighted by Gasteiger charge is -2.10. The Hall–Kier alpha value is -2.81. The van der Waals surface area contributed by atoms with E-state index in [2.05, 4.69) is 20.4 Å². The van der Waals surface area contributed by atoms with Gasteiger partial charge in [-0.05, 0) is 38.7 Å². The average molecular weight is 415 g/mol. The zero-order chi connectivity index (χ0) is 21.3. The Morgan fingerprint density at radius 1 is 1.33 bits per heavy atom. The molecular formula is C21H29N5O4. The average Bonchev–Trinajstić information content (AvgIpc) is 3.08. The summed E-state index contributed by atoms with van der Waals surface area (Å²) in [7, 11) is 0. The van der Waals surface area contributed by atoms with Crippen molar-refractivity contribution in [1.29, 1.82) is 0 Å². The lowest BCUT2D eigenvalue weighted by atomic mass is 10.1. The number of esters is 1. The van der Waals surface area contributed by atoms with Gasteiger partial charge in [-0.25, -0.2) is 14.8 Å². The first-order valence-electron chi connectivity index (χ1n) is 10.5. The molecule has 3 heterocycles. The van der Waals surface area contributed by atoms with Crippen LogP contribution in [0.4, 0.5) is 0 Å². The van der Waals surface area contributed by atoms with Crippen molar-refractivity contribution >= 4 is 11.9 Å². The number of carbonyl (C=O) groups is 2. The van der Waals surface area contributed by atoms with Crippen LogP contribution in [0.3, 0.4) is 0 Å². The summed E-state index contributed by atoms with van der Waals surface area (Å²) in [6.07, 6.45) is 5.13. The second-order valence-corrected chi connectivity index (χ2v) is 7.18. The molecule has 9 heteroatoms. The third-order valence-corrected chi connectivity index (χ3v) is 4.87. The maximum absolute atomic E-state index is 12.7.